The minimum atomic E-state index is -3.60. The number of ether oxygens (including phenoxy) is 1. The maximum atomic E-state index is 13.2. The Hall–Kier alpha value is -2.54. The Morgan fingerprint density at radius 3 is 2.46 bits per heavy atom. The Bertz CT molecular complexity index is 911. The number of para-hydroxylation sites is 1. The molecule has 0 radical (unpaired) electrons. The minimum Gasteiger partial charge on any atom is -0.496 e. The SMILES string of the molecule is CC[C@H](C)N(Cc1cccc(OS(=O)(=O)CC)c1)C(=O)c1ccccc1OC. The van der Waals surface area contributed by atoms with E-state index >= 15 is 0 Å². The van der Waals surface area contributed by atoms with Crippen molar-refractivity contribution in [1.82, 2.24) is 4.90 Å². The van der Waals surface area contributed by atoms with E-state index in [0.29, 0.717) is 17.9 Å². The van der Waals surface area contributed by atoms with Crippen LogP contribution < -0.4 is 8.92 Å². The maximum absolute atomic E-state index is 13.2. The summed E-state index contributed by atoms with van der Waals surface area (Å²) in [5, 5.41) is 0. The predicted molar refractivity (Wildman–Crippen MR) is 109 cm³/mol. The standard InChI is InChI=1S/C21H27NO5S/c1-5-16(3)22(21(23)19-12-7-8-13-20(19)26-4)15-17-10-9-11-18(14-17)27-28(24,25)6-2/h7-14,16H,5-6,15H2,1-4H3/t16-/m0/s1. The first kappa shape index (κ1) is 21.8. The van der Waals surface area contributed by atoms with Gasteiger partial charge in [0.1, 0.15) is 11.5 Å². The number of carbonyl (C=O) groups excluding carboxylic acids is 1. The largest absolute Gasteiger partial charge is 0.496 e. The second kappa shape index (κ2) is 9.59. The van der Waals surface area contributed by atoms with E-state index in [4.69, 9.17) is 8.92 Å². The van der Waals surface area contributed by atoms with Crippen molar-refractivity contribution in [1.29, 1.82) is 0 Å². The zero-order chi connectivity index (χ0) is 20.7. The van der Waals surface area contributed by atoms with Gasteiger partial charge in [0.2, 0.25) is 0 Å². The van der Waals surface area contributed by atoms with Crippen LogP contribution >= 0.6 is 0 Å². The molecule has 1 amide bonds. The van der Waals surface area contributed by atoms with Crippen LogP contribution in [0.3, 0.4) is 0 Å². The van der Waals surface area contributed by atoms with Crippen LogP contribution in [-0.4, -0.2) is 38.1 Å². The fraction of sp³-hybridized carbons (Fsp3) is 0.381. The summed E-state index contributed by atoms with van der Waals surface area (Å²) >= 11 is 0. The summed E-state index contributed by atoms with van der Waals surface area (Å²) in [6.07, 6.45) is 0.779. The number of rotatable bonds is 9. The maximum Gasteiger partial charge on any atom is 0.308 e. The molecule has 0 aliphatic carbocycles. The highest BCUT2D eigenvalue weighted by Crippen LogP contribution is 2.24. The monoisotopic (exact) mass is 405 g/mol. The van der Waals surface area contributed by atoms with Gasteiger partial charge in [-0.1, -0.05) is 31.2 Å². The number of nitrogens with zero attached hydrogens (tertiary/aromatic N) is 1. The second-order valence-electron chi connectivity index (χ2n) is 6.47. The number of benzene rings is 2. The van der Waals surface area contributed by atoms with E-state index in [1.165, 1.54) is 14.0 Å². The summed E-state index contributed by atoms with van der Waals surface area (Å²) in [4.78, 5) is 15.0. The summed E-state index contributed by atoms with van der Waals surface area (Å²) in [5.74, 6) is 0.516. The molecule has 0 unspecified atom stereocenters. The first-order valence-electron chi connectivity index (χ1n) is 9.26. The molecule has 0 aliphatic rings. The molecule has 0 saturated heterocycles. The molecule has 28 heavy (non-hydrogen) atoms. The molecule has 0 heterocycles. The van der Waals surface area contributed by atoms with Crippen LogP contribution in [0, 0.1) is 0 Å². The van der Waals surface area contributed by atoms with Crippen LogP contribution in [-0.2, 0) is 16.7 Å². The van der Waals surface area contributed by atoms with E-state index in [2.05, 4.69) is 0 Å². The molecule has 0 aliphatic heterocycles. The van der Waals surface area contributed by atoms with Gasteiger partial charge in [0, 0.05) is 12.6 Å². The third kappa shape index (κ3) is 5.48. The van der Waals surface area contributed by atoms with Crippen molar-refractivity contribution < 1.29 is 22.1 Å². The molecule has 0 spiro atoms. The summed E-state index contributed by atoms with van der Waals surface area (Å²) in [5.41, 5.74) is 1.28. The predicted octanol–water partition coefficient (Wildman–Crippen LogP) is 3.86. The lowest BCUT2D eigenvalue weighted by atomic mass is 10.1. The number of hydrogen-bond acceptors (Lipinski definition) is 5. The van der Waals surface area contributed by atoms with Gasteiger partial charge in [0.05, 0.1) is 18.4 Å². The molecule has 0 aromatic heterocycles. The van der Waals surface area contributed by atoms with Crippen LogP contribution in [0.5, 0.6) is 11.5 Å². The molecule has 152 valence electrons. The summed E-state index contributed by atoms with van der Waals surface area (Å²) in [6, 6.07) is 13.9. The third-order valence-electron chi connectivity index (χ3n) is 4.55. The van der Waals surface area contributed by atoms with Gasteiger partial charge in [-0.25, -0.2) is 0 Å². The Morgan fingerprint density at radius 2 is 1.82 bits per heavy atom. The van der Waals surface area contributed by atoms with Gasteiger partial charge in [-0.2, -0.15) is 8.42 Å². The van der Waals surface area contributed by atoms with E-state index in [0.717, 1.165) is 12.0 Å². The van der Waals surface area contributed by atoms with Gasteiger partial charge in [0.15, 0.2) is 0 Å². The van der Waals surface area contributed by atoms with Crippen molar-refractivity contribution in [2.45, 2.75) is 39.8 Å². The van der Waals surface area contributed by atoms with Gasteiger partial charge in [-0.05, 0) is 50.1 Å². The lowest BCUT2D eigenvalue weighted by molar-refractivity contribution is 0.0668. The van der Waals surface area contributed by atoms with Crippen molar-refractivity contribution in [2.24, 2.45) is 0 Å². The van der Waals surface area contributed by atoms with Gasteiger partial charge in [0.25, 0.3) is 5.91 Å². The first-order valence-corrected chi connectivity index (χ1v) is 10.8. The lowest BCUT2D eigenvalue weighted by Gasteiger charge is -2.29. The average molecular weight is 406 g/mol. The molecule has 0 fully saturated rings. The Balaban J connectivity index is 2.31. The third-order valence-corrected chi connectivity index (χ3v) is 5.70. The molecule has 7 heteroatoms. The van der Waals surface area contributed by atoms with Crippen LogP contribution in [0.4, 0.5) is 0 Å². The zero-order valence-corrected chi connectivity index (χ0v) is 17.5. The summed E-state index contributed by atoms with van der Waals surface area (Å²) in [7, 11) is -2.07. The summed E-state index contributed by atoms with van der Waals surface area (Å²) < 4.78 is 33.9. The number of hydrogen-bond donors (Lipinski definition) is 0. The van der Waals surface area contributed by atoms with Gasteiger partial charge >= 0.3 is 10.1 Å². The Labute approximate surface area is 167 Å². The van der Waals surface area contributed by atoms with Gasteiger partial charge in [-0.15, -0.1) is 0 Å². The zero-order valence-electron chi connectivity index (χ0n) is 16.7. The van der Waals surface area contributed by atoms with Crippen molar-refractivity contribution in [2.75, 3.05) is 12.9 Å². The molecule has 6 nitrogen and oxygen atoms in total. The molecule has 0 N–H and O–H groups in total. The van der Waals surface area contributed by atoms with Crippen molar-refractivity contribution in [3.05, 3.63) is 59.7 Å². The molecular weight excluding hydrogens is 378 g/mol. The van der Waals surface area contributed by atoms with Crippen molar-refractivity contribution >= 4 is 16.0 Å². The molecule has 0 saturated carbocycles. The highest BCUT2D eigenvalue weighted by atomic mass is 32.2. The quantitative estimate of drug-likeness (QED) is 0.592. The lowest BCUT2D eigenvalue weighted by Crippen LogP contribution is -2.38. The van der Waals surface area contributed by atoms with Crippen LogP contribution in [0.2, 0.25) is 0 Å². The summed E-state index contributed by atoms with van der Waals surface area (Å²) in [6.45, 7) is 5.85. The van der Waals surface area contributed by atoms with Gasteiger partial charge in [-0.3, -0.25) is 4.79 Å². The second-order valence-corrected chi connectivity index (χ2v) is 8.33. The Morgan fingerprint density at radius 1 is 1.11 bits per heavy atom. The van der Waals surface area contributed by atoms with Crippen molar-refractivity contribution in [3.63, 3.8) is 0 Å². The van der Waals surface area contributed by atoms with E-state index in [1.54, 1.807) is 41.3 Å². The minimum absolute atomic E-state index is 0.0126. The fourth-order valence-corrected chi connectivity index (χ4v) is 3.24. The van der Waals surface area contributed by atoms with E-state index in [9.17, 15) is 13.2 Å². The Kier molecular flexibility index (Phi) is 7.45. The highest BCUT2D eigenvalue weighted by molar-refractivity contribution is 7.87. The first-order chi connectivity index (χ1) is 13.3. The number of methoxy groups -OCH3 is 1. The molecule has 2 aromatic carbocycles. The number of amides is 1. The van der Waals surface area contributed by atoms with Crippen LogP contribution in [0.1, 0.15) is 43.1 Å². The highest BCUT2D eigenvalue weighted by Gasteiger charge is 2.23. The number of carbonyl (C=O) groups is 1. The van der Waals surface area contributed by atoms with E-state index in [1.807, 2.05) is 26.0 Å². The molecule has 2 aromatic rings. The smallest absolute Gasteiger partial charge is 0.308 e. The van der Waals surface area contributed by atoms with Gasteiger partial charge < -0.3 is 13.8 Å². The topological polar surface area (TPSA) is 72.9 Å². The van der Waals surface area contributed by atoms with Crippen molar-refractivity contribution in [3.8, 4) is 11.5 Å². The average Bonchev–Trinajstić information content (AvgIpc) is 2.70. The van der Waals surface area contributed by atoms with E-state index < -0.39 is 10.1 Å². The molecule has 0 bridgehead atoms. The normalized spacial score (nSPS) is 12.3. The van der Waals surface area contributed by atoms with Crippen LogP contribution in [0.25, 0.3) is 0 Å². The van der Waals surface area contributed by atoms with E-state index in [-0.39, 0.29) is 23.5 Å². The molecule has 1 atom stereocenters. The van der Waals surface area contributed by atoms with Crippen LogP contribution in [0.15, 0.2) is 48.5 Å². The molecular formula is C21H27NO5S. The molecule has 2 rings (SSSR count). The fourth-order valence-electron chi connectivity index (χ4n) is 2.72.